The predicted molar refractivity (Wildman–Crippen MR) is 192 cm³/mol. The van der Waals surface area contributed by atoms with Crippen LogP contribution in [0.1, 0.15) is 195 Å². The van der Waals surface area contributed by atoms with Crippen LogP contribution in [-0.4, -0.2) is 57.4 Å². The van der Waals surface area contributed by atoms with Crippen molar-refractivity contribution in [2.24, 2.45) is 0 Å². The molecule has 0 radical (unpaired) electrons. The van der Waals surface area contributed by atoms with Gasteiger partial charge < -0.3 is 24.3 Å². The molecule has 6 heteroatoms. The quantitative estimate of drug-likeness (QED) is 0.0690. The first-order valence-electron chi connectivity index (χ1n) is 19.7. The van der Waals surface area contributed by atoms with E-state index >= 15 is 0 Å². The first kappa shape index (κ1) is 44.1. The van der Waals surface area contributed by atoms with Crippen LogP contribution in [0.2, 0.25) is 0 Å². The standard InChI is InChI=1S/C39H79NO5/c1-6-9-11-13-15-17-19-21-23-25-27-29-33-42-35-37(36-44-38(41)40-32-31-39(4,5)45-8-3)43-34-30-28-26-24-22-20-18-16-14-12-10-7-2/h37H,6-36H2,1-5H3,(H,40,41). The molecule has 0 aromatic rings. The zero-order chi connectivity index (χ0) is 33.1. The zero-order valence-corrected chi connectivity index (χ0v) is 31.0. The summed E-state index contributed by atoms with van der Waals surface area (Å²) in [5.74, 6) is 0. The van der Waals surface area contributed by atoms with E-state index in [2.05, 4.69) is 19.2 Å². The summed E-state index contributed by atoms with van der Waals surface area (Å²) in [4.78, 5) is 12.3. The van der Waals surface area contributed by atoms with Crippen molar-refractivity contribution in [3.8, 4) is 0 Å². The number of carbonyl (C=O) groups is 1. The molecule has 0 saturated heterocycles. The van der Waals surface area contributed by atoms with Gasteiger partial charge in [0, 0.05) is 26.4 Å². The highest BCUT2D eigenvalue weighted by Gasteiger charge is 2.18. The number of ether oxygens (including phenoxy) is 4. The van der Waals surface area contributed by atoms with E-state index in [-0.39, 0.29) is 18.3 Å². The third kappa shape index (κ3) is 34.3. The second kappa shape index (κ2) is 34.5. The summed E-state index contributed by atoms with van der Waals surface area (Å²) in [6, 6.07) is 0. The third-order valence-corrected chi connectivity index (χ3v) is 8.73. The Labute approximate surface area is 281 Å². The highest BCUT2D eigenvalue weighted by atomic mass is 16.6. The number of alkyl carbamates (subject to hydrolysis) is 1. The fourth-order valence-electron chi connectivity index (χ4n) is 5.75. The zero-order valence-electron chi connectivity index (χ0n) is 31.0. The summed E-state index contributed by atoms with van der Waals surface area (Å²) >= 11 is 0. The van der Waals surface area contributed by atoms with Crippen molar-refractivity contribution in [3.63, 3.8) is 0 Å². The maximum atomic E-state index is 12.3. The van der Waals surface area contributed by atoms with Gasteiger partial charge in [0.15, 0.2) is 0 Å². The van der Waals surface area contributed by atoms with Crippen LogP contribution in [0.25, 0.3) is 0 Å². The van der Waals surface area contributed by atoms with Gasteiger partial charge >= 0.3 is 6.09 Å². The van der Waals surface area contributed by atoms with Crippen LogP contribution in [0.5, 0.6) is 0 Å². The molecular formula is C39H79NO5. The smallest absolute Gasteiger partial charge is 0.407 e. The van der Waals surface area contributed by atoms with Crippen LogP contribution in [0.4, 0.5) is 4.79 Å². The lowest BCUT2D eigenvalue weighted by Crippen LogP contribution is -2.35. The molecular weight excluding hydrogens is 562 g/mol. The number of unbranched alkanes of at least 4 members (excludes halogenated alkanes) is 22. The minimum atomic E-state index is -0.401. The van der Waals surface area contributed by atoms with E-state index in [0.29, 0.717) is 26.4 Å². The Kier molecular flexibility index (Phi) is 33.8. The fourth-order valence-corrected chi connectivity index (χ4v) is 5.75. The van der Waals surface area contributed by atoms with Gasteiger partial charge in [-0.3, -0.25) is 0 Å². The molecule has 0 aliphatic carbocycles. The largest absolute Gasteiger partial charge is 0.447 e. The summed E-state index contributed by atoms with van der Waals surface area (Å²) in [5, 5.41) is 2.85. The number of amides is 1. The SMILES string of the molecule is CCCCCCCCCCCCCCOCC(COC(=O)NCCC(C)(C)OCC)OCCCCCCCCCCCCCC. The average molecular weight is 642 g/mol. The number of nitrogens with one attached hydrogen (secondary N) is 1. The monoisotopic (exact) mass is 642 g/mol. The van der Waals surface area contributed by atoms with Crippen LogP contribution in [0.15, 0.2) is 0 Å². The molecule has 0 spiro atoms. The van der Waals surface area contributed by atoms with Crippen LogP contribution in [-0.2, 0) is 18.9 Å². The average Bonchev–Trinajstić information content (AvgIpc) is 3.01. The lowest BCUT2D eigenvalue weighted by Gasteiger charge is -2.24. The molecule has 0 aliphatic rings. The van der Waals surface area contributed by atoms with E-state index < -0.39 is 6.09 Å². The van der Waals surface area contributed by atoms with Gasteiger partial charge in [-0.25, -0.2) is 4.79 Å². The molecule has 0 aromatic heterocycles. The normalized spacial score (nSPS) is 12.5. The first-order chi connectivity index (χ1) is 21.9. The van der Waals surface area contributed by atoms with Crippen molar-refractivity contribution >= 4 is 6.09 Å². The molecule has 0 aromatic carbocycles. The second-order valence-corrected chi connectivity index (χ2v) is 13.8. The molecule has 270 valence electrons. The van der Waals surface area contributed by atoms with E-state index in [9.17, 15) is 4.79 Å². The van der Waals surface area contributed by atoms with E-state index in [1.165, 1.54) is 141 Å². The highest BCUT2D eigenvalue weighted by molar-refractivity contribution is 5.67. The van der Waals surface area contributed by atoms with E-state index in [1.807, 2.05) is 20.8 Å². The van der Waals surface area contributed by atoms with E-state index in [0.717, 1.165) is 25.9 Å². The summed E-state index contributed by atoms with van der Waals surface area (Å²) in [6.07, 6.45) is 32.1. The lowest BCUT2D eigenvalue weighted by molar-refractivity contribution is -0.0472. The van der Waals surface area contributed by atoms with Gasteiger partial charge in [0.1, 0.15) is 12.7 Å². The summed E-state index contributed by atoms with van der Waals surface area (Å²) < 4.78 is 23.3. The van der Waals surface area contributed by atoms with Crippen molar-refractivity contribution in [2.75, 3.05) is 39.6 Å². The van der Waals surface area contributed by atoms with Gasteiger partial charge in [0.25, 0.3) is 0 Å². The molecule has 1 unspecified atom stereocenters. The van der Waals surface area contributed by atoms with Crippen molar-refractivity contribution in [1.29, 1.82) is 0 Å². The summed E-state index contributed by atoms with van der Waals surface area (Å²) in [7, 11) is 0. The molecule has 0 rings (SSSR count). The number of hydrogen-bond acceptors (Lipinski definition) is 5. The number of rotatable bonds is 36. The number of hydrogen-bond donors (Lipinski definition) is 1. The Morgan fingerprint density at radius 2 is 1.00 bits per heavy atom. The summed E-state index contributed by atoms with van der Waals surface area (Å²) in [6.45, 7) is 13.9. The van der Waals surface area contributed by atoms with Gasteiger partial charge in [0.05, 0.1) is 12.2 Å². The minimum absolute atomic E-state index is 0.220. The van der Waals surface area contributed by atoms with Crippen molar-refractivity contribution < 1.29 is 23.7 Å². The lowest BCUT2D eigenvalue weighted by atomic mass is 10.1. The van der Waals surface area contributed by atoms with E-state index in [1.54, 1.807) is 0 Å². The van der Waals surface area contributed by atoms with Gasteiger partial charge in [-0.05, 0) is 40.0 Å². The Bertz CT molecular complexity index is 600. The van der Waals surface area contributed by atoms with Gasteiger partial charge in [0.2, 0.25) is 0 Å². The Morgan fingerprint density at radius 1 is 0.578 bits per heavy atom. The maximum Gasteiger partial charge on any atom is 0.407 e. The van der Waals surface area contributed by atoms with E-state index in [4.69, 9.17) is 18.9 Å². The van der Waals surface area contributed by atoms with Gasteiger partial charge in [-0.15, -0.1) is 0 Å². The molecule has 0 saturated carbocycles. The molecule has 6 nitrogen and oxygen atoms in total. The van der Waals surface area contributed by atoms with Crippen molar-refractivity contribution in [2.45, 2.75) is 207 Å². The molecule has 1 amide bonds. The van der Waals surface area contributed by atoms with Crippen LogP contribution in [0.3, 0.4) is 0 Å². The second-order valence-electron chi connectivity index (χ2n) is 13.8. The van der Waals surface area contributed by atoms with Crippen LogP contribution >= 0.6 is 0 Å². The number of carbonyl (C=O) groups excluding carboxylic acids is 1. The molecule has 0 fully saturated rings. The van der Waals surface area contributed by atoms with Gasteiger partial charge in [-0.2, -0.15) is 0 Å². The molecule has 1 atom stereocenters. The first-order valence-corrected chi connectivity index (χ1v) is 19.7. The molecule has 0 aliphatic heterocycles. The third-order valence-electron chi connectivity index (χ3n) is 8.73. The van der Waals surface area contributed by atoms with Crippen LogP contribution in [0, 0.1) is 0 Å². The molecule has 0 bridgehead atoms. The molecule has 0 heterocycles. The molecule has 1 N–H and O–H groups in total. The van der Waals surface area contributed by atoms with Gasteiger partial charge in [-0.1, -0.05) is 155 Å². The van der Waals surface area contributed by atoms with Crippen molar-refractivity contribution in [3.05, 3.63) is 0 Å². The Hall–Kier alpha value is -0.850. The van der Waals surface area contributed by atoms with Crippen molar-refractivity contribution in [1.82, 2.24) is 5.32 Å². The predicted octanol–water partition coefficient (Wildman–Crippen LogP) is 11.7. The topological polar surface area (TPSA) is 66.0 Å². The fraction of sp³-hybridized carbons (Fsp3) is 0.974. The summed E-state index contributed by atoms with van der Waals surface area (Å²) in [5.41, 5.74) is -0.260. The minimum Gasteiger partial charge on any atom is -0.447 e. The maximum absolute atomic E-state index is 12.3. The Balaban J connectivity index is 4.10. The molecule has 45 heavy (non-hydrogen) atoms. The van der Waals surface area contributed by atoms with Crippen LogP contribution < -0.4 is 5.32 Å². The Morgan fingerprint density at radius 3 is 1.44 bits per heavy atom. The highest BCUT2D eigenvalue weighted by Crippen LogP contribution is 2.15.